The van der Waals surface area contributed by atoms with Crippen molar-refractivity contribution in [2.24, 2.45) is 5.73 Å². The minimum atomic E-state index is 0.0398. The molecule has 1 fully saturated rings. The molecular formula is C16H25N3O. The van der Waals surface area contributed by atoms with Crippen LogP contribution in [0.2, 0.25) is 0 Å². The summed E-state index contributed by atoms with van der Waals surface area (Å²) in [4.78, 5) is 14.1. The SMILES string of the molecule is NCCCC(=O)Nc1ccc(N2CCCCCC2)cc1. The predicted molar refractivity (Wildman–Crippen MR) is 84.0 cm³/mol. The summed E-state index contributed by atoms with van der Waals surface area (Å²) < 4.78 is 0. The van der Waals surface area contributed by atoms with Gasteiger partial charge in [-0.3, -0.25) is 4.79 Å². The molecule has 1 aliphatic rings. The Labute approximate surface area is 121 Å². The number of nitrogens with two attached hydrogens (primary N) is 1. The van der Waals surface area contributed by atoms with Gasteiger partial charge in [0.2, 0.25) is 5.91 Å². The van der Waals surface area contributed by atoms with Crippen LogP contribution >= 0.6 is 0 Å². The zero-order valence-electron chi connectivity index (χ0n) is 12.1. The molecule has 3 N–H and O–H groups in total. The molecule has 2 rings (SSSR count). The second-order valence-electron chi connectivity index (χ2n) is 5.39. The second-order valence-corrected chi connectivity index (χ2v) is 5.39. The summed E-state index contributed by atoms with van der Waals surface area (Å²) in [6, 6.07) is 8.18. The maximum atomic E-state index is 11.6. The molecule has 1 aliphatic heterocycles. The van der Waals surface area contributed by atoms with Crippen LogP contribution in [0.15, 0.2) is 24.3 Å². The molecule has 1 saturated heterocycles. The fraction of sp³-hybridized carbons (Fsp3) is 0.562. The Morgan fingerprint density at radius 1 is 1.10 bits per heavy atom. The van der Waals surface area contributed by atoms with Gasteiger partial charge in [0.25, 0.3) is 0 Å². The lowest BCUT2D eigenvalue weighted by atomic mass is 10.2. The molecule has 0 aliphatic carbocycles. The standard InChI is InChI=1S/C16H25N3O/c17-11-5-6-16(20)18-14-7-9-15(10-8-14)19-12-3-1-2-4-13-19/h7-10H,1-6,11-13,17H2,(H,18,20). The van der Waals surface area contributed by atoms with Crippen LogP contribution in [0, 0.1) is 0 Å². The number of hydrogen-bond donors (Lipinski definition) is 2. The third kappa shape index (κ3) is 4.53. The average molecular weight is 275 g/mol. The van der Waals surface area contributed by atoms with Gasteiger partial charge in [-0.15, -0.1) is 0 Å². The fourth-order valence-electron chi connectivity index (χ4n) is 2.57. The zero-order chi connectivity index (χ0) is 14.2. The molecule has 20 heavy (non-hydrogen) atoms. The van der Waals surface area contributed by atoms with E-state index in [0.29, 0.717) is 13.0 Å². The van der Waals surface area contributed by atoms with Gasteiger partial charge in [0.15, 0.2) is 0 Å². The lowest BCUT2D eigenvalue weighted by Gasteiger charge is -2.22. The average Bonchev–Trinajstić information content (AvgIpc) is 2.75. The first kappa shape index (κ1) is 14.9. The Balaban J connectivity index is 1.90. The predicted octanol–water partition coefficient (Wildman–Crippen LogP) is 2.74. The van der Waals surface area contributed by atoms with Crippen LogP contribution in [0.5, 0.6) is 0 Å². The number of carbonyl (C=O) groups excluding carboxylic acids is 1. The molecule has 0 spiro atoms. The van der Waals surface area contributed by atoms with E-state index in [1.54, 1.807) is 0 Å². The molecule has 4 nitrogen and oxygen atoms in total. The van der Waals surface area contributed by atoms with Crippen molar-refractivity contribution in [3.05, 3.63) is 24.3 Å². The first-order chi connectivity index (χ1) is 9.79. The van der Waals surface area contributed by atoms with Gasteiger partial charge in [0.1, 0.15) is 0 Å². The Morgan fingerprint density at radius 2 is 1.75 bits per heavy atom. The van der Waals surface area contributed by atoms with Gasteiger partial charge < -0.3 is 16.0 Å². The summed E-state index contributed by atoms with van der Waals surface area (Å²) in [5.74, 6) is 0.0398. The van der Waals surface area contributed by atoms with Gasteiger partial charge in [0, 0.05) is 30.9 Å². The van der Waals surface area contributed by atoms with Crippen LogP contribution in [0.4, 0.5) is 11.4 Å². The van der Waals surface area contributed by atoms with E-state index in [1.807, 2.05) is 12.1 Å². The Hall–Kier alpha value is -1.55. The normalized spacial score (nSPS) is 15.8. The van der Waals surface area contributed by atoms with Crippen molar-refractivity contribution in [1.82, 2.24) is 0 Å². The van der Waals surface area contributed by atoms with Crippen LogP contribution in [0.25, 0.3) is 0 Å². The number of nitrogens with zero attached hydrogens (tertiary/aromatic N) is 1. The maximum absolute atomic E-state index is 11.6. The van der Waals surface area contributed by atoms with E-state index < -0.39 is 0 Å². The largest absolute Gasteiger partial charge is 0.372 e. The Bertz CT molecular complexity index is 408. The summed E-state index contributed by atoms with van der Waals surface area (Å²) in [6.45, 7) is 2.84. The lowest BCUT2D eigenvalue weighted by molar-refractivity contribution is -0.116. The van der Waals surface area contributed by atoms with E-state index in [4.69, 9.17) is 5.73 Å². The van der Waals surface area contributed by atoms with Crippen molar-refractivity contribution in [1.29, 1.82) is 0 Å². The summed E-state index contributed by atoms with van der Waals surface area (Å²) in [6.07, 6.45) is 6.45. The van der Waals surface area contributed by atoms with Gasteiger partial charge in [0.05, 0.1) is 0 Å². The maximum Gasteiger partial charge on any atom is 0.224 e. The third-order valence-corrected chi connectivity index (χ3v) is 3.73. The molecule has 1 amide bonds. The van der Waals surface area contributed by atoms with Crippen molar-refractivity contribution < 1.29 is 4.79 Å². The molecular weight excluding hydrogens is 250 g/mol. The van der Waals surface area contributed by atoms with Crippen molar-refractivity contribution in [3.8, 4) is 0 Å². The van der Waals surface area contributed by atoms with Crippen molar-refractivity contribution >= 4 is 17.3 Å². The van der Waals surface area contributed by atoms with Gasteiger partial charge >= 0.3 is 0 Å². The minimum Gasteiger partial charge on any atom is -0.372 e. The highest BCUT2D eigenvalue weighted by Gasteiger charge is 2.09. The van der Waals surface area contributed by atoms with Crippen LogP contribution in [0.1, 0.15) is 38.5 Å². The molecule has 0 radical (unpaired) electrons. The number of hydrogen-bond acceptors (Lipinski definition) is 3. The third-order valence-electron chi connectivity index (χ3n) is 3.73. The zero-order valence-corrected chi connectivity index (χ0v) is 12.1. The number of benzene rings is 1. The van der Waals surface area contributed by atoms with Gasteiger partial charge in [-0.25, -0.2) is 0 Å². The molecule has 0 bridgehead atoms. The molecule has 1 aromatic rings. The van der Waals surface area contributed by atoms with E-state index in [1.165, 1.54) is 31.4 Å². The second kappa shape index (κ2) is 7.90. The quantitative estimate of drug-likeness (QED) is 0.868. The molecule has 0 unspecified atom stereocenters. The Kier molecular flexibility index (Phi) is 5.87. The molecule has 1 heterocycles. The van der Waals surface area contributed by atoms with Crippen LogP contribution in [-0.4, -0.2) is 25.5 Å². The number of amides is 1. The topological polar surface area (TPSA) is 58.4 Å². The number of nitrogens with one attached hydrogen (secondary N) is 1. The highest BCUT2D eigenvalue weighted by Crippen LogP contribution is 2.21. The molecule has 4 heteroatoms. The van der Waals surface area contributed by atoms with E-state index in [2.05, 4.69) is 22.3 Å². The number of carbonyl (C=O) groups is 1. The van der Waals surface area contributed by atoms with Gasteiger partial charge in [-0.1, -0.05) is 12.8 Å². The number of anilines is 2. The molecule has 1 aromatic carbocycles. The molecule has 0 saturated carbocycles. The highest BCUT2D eigenvalue weighted by molar-refractivity contribution is 5.90. The highest BCUT2D eigenvalue weighted by atomic mass is 16.1. The molecule has 0 atom stereocenters. The smallest absolute Gasteiger partial charge is 0.224 e. The van der Waals surface area contributed by atoms with E-state index in [9.17, 15) is 4.79 Å². The molecule has 110 valence electrons. The lowest BCUT2D eigenvalue weighted by Crippen LogP contribution is -2.23. The summed E-state index contributed by atoms with van der Waals surface area (Å²) in [7, 11) is 0. The van der Waals surface area contributed by atoms with Crippen LogP contribution in [0.3, 0.4) is 0 Å². The summed E-state index contributed by atoms with van der Waals surface area (Å²) in [5.41, 5.74) is 7.52. The Morgan fingerprint density at radius 3 is 2.35 bits per heavy atom. The van der Waals surface area contributed by atoms with Crippen LogP contribution in [-0.2, 0) is 4.79 Å². The summed E-state index contributed by atoms with van der Waals surface area (Å²) in [5, 5.41) is 2.91. The van der Waals surface area contributed by atoms with E-state index >= 15 is 0 Å². The number of rotatable bonds is 5. The summed E-state index contributed by atoms with van der Waals surface area (Å²) >= 11 is 0. The minimum absolute atomic E-state index is 0.0398. The molecule has 0 aromatic heterocycles. The van der Waals surface area contributed by atoms with Gasteiger partial charge in [-0.2, -0.15) is 0 Å². The monoisotopic (exact) mass is 275 g/mol. The first-order valence-corrected chi connectivity index (χ1v) is 7.64. The fourth-order valence-corrected chi connectivity index (χ4v) is 2.57. The van der Waals surface area contributed by atoms with Crippen molar-refractivity contribution in [2.75, 3.05) is 29.9 Å². The first-order valence-electron chi connectivity index (χ1n) is 7.64. The van der Waals surface area contributed by atoms with Crippen LogP contribution < -0.4 is 16.0 Å². The van der Waals surface area contributed by atoms with Crippen molar-refractivity contribution in [2.45, 2.75) is 38.5 Å². The van der Waals surface area contributed by atoms with E-state index in [-0.39, 0.29) is 5.91 Å². The van der Waals surface area contributed by atoms with Crippen molar-refractivity contribution in [3.63, 3.8) is 0 Å². The van der Waals surface area contributed by atoms with E-state index in [0.717, 1.165) is 25.2 Å². The van der Waals surface area contributed by atoms with Gasteiger partial charge in [-0.05, 0) is 50.1 Å².